The number of aliphatic hydroxyl groups is 2. The van der Waals surface area contributed by atoms with Crippen LogP contribution in [0.3, 0.4) is 0 Å². The van der Waals surface area contributed by atoms with E-state index in [1.54, 1.807) is 0 Å². The SMILES string of the molecule is CCCCCCCCCCCCCCCCCCCCCCCC(O)C(CO)NC(=O)CCCCCCCCCCCCCCCCCCCCCCCCOC(=O)CCCCCCCCCCCCCCCCCC. The van der Waals surface area contributed by atoms with Gasteiger partial charge in [-0.2, -0.15) is 0 Å². The van der Waals surface area contributed by atoms with Crippen LogP contribution in [0.5, 0.6) is 0 Å². The van der Waals surface area contributed by atoms with Gasteiger partial charge in [0.25, 0.3) is 0 Å². The summed E-state index contributed by atoms with van der Waals surface area (Å²) in [5.41, 5.74) is 0. The molecule has 0 aromatic carbocycles. The molecular weight excluding hydrogens is 935 g/mol. The van der Waals surface area contributed by atoms with Crippen molar-refractivity contribution in [1.29, 1.82) is 0 Å². The summed E-state index contributed by atoms with van der Waals surface area (Å²) in [6, 6.07) is -0.541. The molecule has 76 heavy (non-hydrogen) atoms. The number of unbranched alkanes of at least 4 members (excludes halogenated alkanes) is 56. The van der Waals surface area contributed by atoms with Crippen LogP contribution < -0.4 is 5.32 Å². The molecule has 0 spiro atoms. The lowest BCUT2D eigenvalue weighted by Crippen LogP contribution is -2.45. The molecule has 0 aromatic rings. The lowest BCUT2D eigenvalue weighted by molar-refractivity contribution is -0.143. The van der Waals surface area contributed by atoms with Crippen LogP contribution in [0.1, 0.15) is 412 Å². The standard InChI is InChI=1S/C70H139NO5/c1-3-5-7-9-11-13-15-17-19-21-22-25-28-31-34-38-42-46-50-54-58-62-68(73)67(66-72)71-69(74)63-59-55-51-47-43-39-35-32-29-26-23-24-27-30-33-37-41-45-49-53-57-61-65-76-70(75)64-60-56-52-48-44-40-36-20-18-16-14-12-10-8-6-4-2/h67-68,72-73H,3-66H2,1-2H3,(H,71,74). The molecule has 0 bridgehead atoms. The zero-order valence-corrected chi connectivity index (χ0v) is 52.0. The summed E-state index contributed by atoms with van der Waals surface area (Å²) < 4.78 is 5.50. The minimum absolute atomic E-state index is 0.0183. The number of hydrogen-bond donors (Lipinski definition) is 3. The highest BCUT2D eigenvalue weighted by Crippen LogP contribution is 2.20. The van der Waals surface area contributed by atoms with Gasteiger partial charge in [0.1, 0.15) is 0 Å². The highest BCUT2D eigenvalue weighted by molar-refractivity contribution is 5.76. The number of nitrogens with one attached hydrogen (secondary N) is 1. The van der Waals surface area contributed by atoms with Gasteiger partial charge in [-0.3, -0.25) is 9.59 Å². The second-order valence-electron chi connectivity index (χ2n) is 24.6. The summed E-state index contributed by atoms with van der Waals surface area (Å²) in [6.07, 6.45) is 80.0. The van der Waals surface area contributed by atoms with Crippen LogP contribution in [0.25, 0.3) is 0 Å². The first-order chi connectivity index (χ1) is 37.5. The van der Waals surface area contributed by atoms with E-state index in [0.29, 0.717) is 25.9 Å². The predicted octanol–water partition coefficient (Wildman–Crippen LogP) is 22.6. The zero-order chi connectivity index (χ0) is 55.0. The molecule has 0 radical (unpaired) electrons. The van der Waals surface area contributed by atoms with Gasteiger partial charge in [-0.25, -0.2) is 0 Å². The summed E-state index contributed by atoms with van der Waals surface area (Å²) >= 11 is 0. The molecule has 0 heterocycles. The number of hydrogen-bond acceptors (Lipinski definition) is 5. The Morgan fingerprint density at radius 1 is 0.316 bits per heavy atom. The van der Waals surface area contributed by atoms with Crippen LogP contribution in [-0.4, -0.2) is 47.4 Å². The van der Waals surface area contributed by atoms with E-state index in [9.17, 15) is 19.8 Å². The van der Waals surface area contributed by atoms with Crippen molar-refractivity contribution in [2.45, 2.75) is 424 Å². The lowest BCUT2D eigenvalue weighted by Gasteiger charge is -2.22. The van der Waals surface area contributed by atoms with E-state index in [-0.39, 0.29) is 18.5 Å². The van der Waals surface area contributed by atoms with E-state index in [0.717, 1.165) is 38.5 Å². The van der Waals surface area contributed by atoms with E-state index >= 15 is 0 Å². The van der Waals surface area contributed by atoms with Gasteiger partial charge in [0.2, 0.25) is 5.91 Å². The fourth-order valence-electron chi connectivity index (χ4n) is 11.5. The van der Waals surface area contributed by atoms with Crippen molar-refractivity contribution in [1.82, 2.24) is 5.32 Å². The number of carbonyl (C=O) groups excluding carboxylic acids is 2. The Balaban J connectivity index is 3.36. The van der Waals surface area contributed by atoms with Crippen LogP contribution in [0, 0.1) is 0 Å². The van der Waals surface area contributed by atoms with Crippen LogP contribution in [0.2, 0.25) is 0 Å². The zero-order valence-electron chi connectivity index (χ0n) is 52.0. The van der Waals surface area contributed by atoms with Gasteiger partial charge in [-0.15, -0.1) is 0 Å². The third-order valence-electron chi connectivity index (χ3n) is 16.9. The van der Waals surface area contributed by atoms with E-state index in [2.05, 4.69) is 19.2 Å². The maximum atomic E-state index is 12.5. The maximum absolute atomic E-state index is 12.5. The Labute approximate surface area is 476 Å². The number of ether oxygens (including phenoxy) is 1. The maximum Gasteiger partial charge on any atom is 0.305 e. The molecule has 6 nitrogen and oxygen atoms in total. The number of rotatable bonds is 67. The lowest BCUT2D eigenvalue weighted by atomic mass is 10.0. The largest absolute Gasteiger partial charge is 0.466 e. The molecule has 0 aliphatic rings. The first kappa shape index (κ1) is 74.9. The van der Waals surface area contributed by atoms with Crippen LogP contribution in [0.15, 0.2) is 0 Å². The van der Waals surface area contributed by atoms with Crippen LogP contribution in [-0.2, 0) is 14.3 Å². The molecule has 0 rings (SSSR count). The molecule has 2 unspecified atom stereocenters. The topological polar surface area (TPSA) is 95.9 Å². The first-order valence-corrected chi connectivity index (χ1v) is 35.3. The molecule has 0 aliphatic heterocycles. The molecular formula is C70H139NO5. The van der Waals surface area contributed by atoms with Gasteiger partial charge >= 0.3 is 5.97 Å². The summed E-state index contributed by atoms with van der Waals surface area (Å²) in [5, 5.41) is 23.4. The highest BCUT2D eigenvalue weighted by Gasteiger charge is 2.20. The average molecular weight is 1070 g/mol. The number of carbonyl (C=O) groups is 2. The molecule has 3 N–H and O–H groups in total. The van der Waals surface area contributed by atoms with E-state index in [1.165, 1.54) is 340 Å². The van der Waals surface area contributed by atoms with E-state index < -0.39 is 12.1 Å². The second kappa shape index (κ2) is 66.4. The number of amides is 1. The quantitative estimate of drug-likeness (QED) is 0.0417. The molecule has 0 aliphatic carbocycles. The Morgan fingerprint density at radius 3 is 0.803 bits per heavy atom. The number of aliphatic hydroxyl groups excluding tert-OH is 2. The van der Waals surface area contributed by atoms with Crippen molar-refractivity contribution in [3.63, 3.8) is 0 Å². The van der Waals surface area contributed by atoms with Gasteiger partial charge in [0.05, 0.1) is 25.4 Å². The minimum Gasteiger partial charge on any atom is -0.466 e. The Morgan fingerprint density at radius 2 is 0.539 bits per heavy atom. The third kappa shape index (κ3) is 62.1. The van der Waals surface area contributed by atoms with Crippen molar-refractivity contribution < 1.29 is 24.5 Å². The van der Waals surface area contributed by atoms with Gasteiger partial charge < -0.3 is 20.3 Å². The Hall–Kier alpha value is -1.14. The first-order valence-electron chi connectivity index (χ1n) is 35.3. The molecule has 0 fully saturated rings. The van der Waals surface area contributed by atoms with Crippen molar-refractivity contribution in [3.8, 4) is 0 Å². The third-order valence-corrected chi connectivity index (χ3v) is 16.9. The van der Waals surface area contributed by atoms with Crippen molar-refractivity contribution in [2.75, 3.05) is 13.2 Å². The van der Waals surface area contributed by atoms with Gasteiger partial charge in [0.15, 0.2) is 0 Å². The van der Waals surface area contributed by atoms with Crippen LogP contribution in [0.4, 0.5) is 0 Å². The average Bonchev–Trinajstić information content (AvgIpc) is 3.42. The Kier molecular flexibility index (Phi) is 65.4. The minimum atomic E-state index is -0.664. The fourth-order valence-corrected chi connectivity index (χ4v) is 11.5. The molecule has 0 saturated carbocycles. The van der Waals surface area contributed by atoms with Crippen molar-refractivity contribution in [3.05, 3.63) is 0 Å². The molecule has 1 amide bonds. The summed E-state index contributed by atoms with van der Waals surface area (Å²) in [5.74, 6) is -0.0113. The smallest absolute Gasteiger partial charge is 0.305 e. The molecule has 0 aromatic heterocycles. The summed E-state index contributed by atoms with van der Waals surface area (Å²) in [6.45, 7) is 5.01. The molecule has 0 saturated heterocycles. The van der Waals surface area contributed by atoms with E-state index in [4.69, 9.17) is 4.74 Å². The number of esters is 1. The van der Waals surface area contributed by atoms with Crippen molar-refractivity contribution in [2.24, 2.45) is 0 Å². The fraction of sp³-hybridized carbons (Fsp3) is 0.971. The predicted molar refractivity (Wildman–Crippen MR) is 334 cm³/mol. The monoisotopic (exact) mass is 1070 g/mol. The van der Waals surface area contributed by atoms with Gasteiger partial charge in [0, 0.05) is 12.8 Å². The molecule has 2 atom stereocenters. The van der Waals surface area contributed by atoms with Crippen LogP contribution >= 0.6 is 0 Å². The normalized spacial score (nSPS) is 12.4. The van der Waals surface area contributed by atoms with Gasteiger partial charge in [-0.05, 0) is 25.7 Å². The van der Waals surface area contributed by atoms with Gasteiger partial charge in [-0.1, -0.05) is 373 Å². The molecule has 6 heteroatoms. The summed E-state index contributed by atoms with van der Waals surface area (Å²) in [7, 11) is 0. The van der Waals surface area contributed by atoms with Crippen molar-refractivity contribution >= 4 is 11.9 Å². The summed E-state index contributed by atoms with van der Waals surface area (Å²) in [4.78, 5) is 24.6. The highest BCUT2D eigenvalue weighted by atomic mass is 16.5. The molecule has 454 valence electrons. The van der Waals surface area contributed by atoms with E-state index in [1.807, 2.05) is 0 Å². The Bertz CT molecular complexity index is 1100. The second-order valence-corrected chi connectivity index (χ2v) is 24.6.